The van der Waals surface area contributed by atoms with Gasteiger partial charge in [-0.2, -0.15) is 0 Å². The van der Waals surface area contributed by atoms with Gasteiger partial charge < -0.3 is 14.8 Å². The number of hydrogen-bond acceptors (Lipinski definition) is 5. The van der Waals surface area contributed by atoms with E-state index in [1.54, 1.807) is 24.3 Å². The number of aromatic nitrogens is 1. The van der Waals surface area contributed by atoms with Crippen LogP contribution in [0.1, 0.15) is 16.3 Å². The van der Waals surface area contributed by atoms with Gasteiger partial charge in [-0.05, 0) is 36.8 Å². The highest BCUT2D eigenvalue weighted by Crippen LogP contribution is 2.26. The summed E-state index contributed by atoms with van der Waals surface area (Å²) in [6.07, 6.45) is 0.192. The SMILES string of the molecule is COc1ccc(COc2cccc(F)c2)cc1NC(=O)Cc1csc(C)n1. The lowest BCUT2D eigenvalue weighted by atomic mass is 10.2. The first-order valence-electron chi connectivity index (χ1n) is 8.29. The monoisotopic (exact) mass is 386 g/mol. The van der Waals surface area contributed by atoms with E-state index in [0.29, 0.717) is 17.2 Å². The van der Waals surface area contributed by atoms with Gasteiger partial charge in [-0.15, -0.1) is 11.3 Å². The molecule has 5 nitrogen and oxygen atoms in total. The minimum atomic E-state index is -0.354. The van der Waals surface area contributed by atoms with Crippen molar-refractivity contribution in [2.75, 3.05) is 12.4 Å². The number of carbonyl (C=O) groups is 1. The van der Waals surface area contributed by atoms with Crippen LogP contribution in [0.15, 0.2) is 47.8 Å². The number of anilines is 1. The molecule has 3 aromatic rings. The van der Waals surface area contributed by atoms with Crippen molar-refractivity contribution in [3.63, 3.8) is 0 Å². The van der Waals surface area contributed by atoms with Crippen molar-refractivity contribution >= 4 is 22.9 Å². The van der Waals surface area contributed by atoms with Crippen molar-refractivity contribution in [2.45, 2.75) is 20.0 Å². The Bertz CT molecular complexity index is 942. The molecule has 2 aromatic carbocycles. The second-order valence-electron chi connectivity index (χ2n) is 5.86. The lowest BCUT2D eigenvalue weighted by molar-refractivity contribution is -0.115. The lowest BCUT2D eigenvalue weighted by Crippen LogP contribution is -2.15. The van der Waals surface area contributed by atoms with Crippen molar-refractivity contribution in [1.29, 1.82) is 0 Å². The van der Waals surface area contributed by atoms with E-state index in [1.807, 2.05) is 18.4 Å². The van der Waals surface area contributed by atoms with Crippen molar-refractivity contribution < 1.29 is 18.7 Å². The summed E-state index contributed by atoms with van der Waals surface area (Å²) in [5, 5.41) is 5.65. The minimum Gasteiger partial charge on any atom is -0.495 e. The van der Waals surface area contributed by atoms with Gasteiger partial charge in [0, 0.05) is 11.4 Å². The number of nitrogens with one attached hydrogen (secondary N) is 1. The molecule has 1 amide bonds. The Hall–Kier alpha value is -2.93. The molecule has 0 radical (unpaired) electrons. The van der Waals surface area contributed by atoms with Crippen LogP contribution in [-0.2, 0) is 17.8 Å². The third-order valence-electron chi connectivity index (χ3n) is 3.75. The topological polar surface area (TPSA) is 60.5 Å². The Morgan fingerprint density at radius 2 is 2.11 bits per heavy atom. The molecule has 0 unspecified atom stereocenters. The zero-order chi connectivity index (χ0) is 19.2. The molecule has 1 aromatic heterocycles. The van der Waals surface area contributed by atoms with Crippen LogP contribution in [0.3, 0.4) is 0 Å². The predicted molar refractivity (Wildman–Crippen MR) is 103 cm³/mol. The average Bonchev–Trinajstić information content (AvgIpc) is 3.05. The molecular weight excluding hydrogens is 367 g/mol. The Morgan fingerprint density at radius 3 is 2.81 bits per heavy atom. The smallest absolute Gasteiger partial charge is 0.230 e. The quantitative estimate of drug-likeness (QED) is 0.655. The van der Waals surface area contributed by atoms with Gasteiger partial charge in [-0.25, -0.2) is 9.37 Å². The van der Waals surface area contributed by atoms with Crippen molar-refractivity contribution in [2.24, 2.45) is 0 Å². The first-order valence-corrected chi connectivity index (χ1v) is 9.17. The number of aryl methyl sites for hydroxylation is 1. The number of nitrogens with zero attached hydrogens (tertiary/aromatic N) is 1. The summed E-state index contributed by atoms with van der Waals surface area (Å²) in [6, 6.07) is 11.3. The van der Waals surface area contributed by atoms with E-state index in [0.717, 1.165) is 16.3 Å². The zero-order valence-corrected chi connectivity index (χ0v) is 15.8. The molecule has 0 bridgehead atoms. The van der Waals surface area contributed by atoms with E-state index in [2.05, 4.69) is 10.3 Å². The average molecular weight is 386 g/mol. The number of hydrogen-bond donors (Lipinski definition) is 1. The second kappa shape index (κ2) is 8.64. The summed E-state index contributed by atoms with van der Waals surface area (Å²) >= 11 is 1.51. The lowest BCUT2D eigenvalue weighted by Gasteiger charge is -2.13. The van der Waals surface area contributed by atoms with Crippen LogP contribution in [0.2, 0.25) is 0 Å². The maximum Gasteiger partial charge on any atom is 0.230 e. The van der Waals surface area contributed by atoms with Crippen LogP contribution in [0.25, 0.3) is 0 Å². The van der Waals surface area contributed by atoms with Crippen LogP contribution >= 0.6 is 11.3 Å². The van der Waals surface area contributed by atoms with E-state index >= 15 is 0 Å². The molecular formula is C20H19FN2O3S. The van der Waals surface area contributed by atoms with E-state index in [1.165, 1.54) is 30.6 Å². The molecule has 0 aliphatic heterocycles. The first-order chi connectivity index (χ1) is 13.0. The number of carbonyl (C=O) groups excluding carboxylic acids is 1. The minimum absolute atomic E-state index is 0.179. The number of rotatable bonds is 7. The molecule has 0 saturated carbocycles. The van der Waals surface area contributed by atoms with E-state index in [9.17, 15) is 9.18 Å². The van der Waals surface area contributed by atoms with Gasteiger partial charge in [0.25, 0.3) is 0 Å². The number of methoxy groups -OCH3 is 1. The Labute approximate surface area is 160 Å². The molecule has 3 rings (SSSR count). The molecule has 0 aliphatic rings. The van der Waals surface area contributed by atoms with Crippen molar-refractivity contribution in [1.82, 2.24) is 4.98 Å². The number of benzene rings is 2. The van der Waals surface area contributed by atoms with Gasteiger partial charge in [-0.1, -0.05) is 12.1 Å². The Morgan fingerprint density at radius 1 is 1.26 bits per heavy atom. The van der Waals surface area contributed by atoms with E-state index < -0.39 is 0 Å². The third-order valence-corrected chi connectivity index (χ3v) is 4.57. The summed E-state index contributed by atoms with van der Waals surface area (Å²) < 4.78 is 24.1. The number of ether oxygens (including phenoxy) is 2. The first kappa shape index (κ1) is 18.8. The van der Waals surface area contributed by atoms with Gasteiger partial charge >= 0.3 is 0 Å². The highest BCUT2D eigenvalue weighted by Gasteiger charge is 2.11. The summed E-state index contributed by atoms with van der Waals surface area (Å²) in [7, 11) is 1.54. The zero-order valence-electron chi connectivity index (χ0n) is 15.0. The molecule has 140 valence electrons. The van der Waals surface area contributed by atoms with E-state index in [4.69, 9.17) is 9.47 Å². The number of halogens is 1. The molecule has 0 spiro atoms. The molecule has 0 saturated heterocycles. The summed E-state index contributed by atoms with van der Waals surface area (Å²) in [5.41, 5.74) is 2.11. The van der Waals surface area contributed by atoms with Crippen LogP contribution in [0.4, 0.5) is 10.1 Å². The molecule has 1 heterocycles. The van der Waals surface area contributed by atoms with Crippen LogP contribution in [0.5, 0.6) is 11.5 Å². The molecule has 0 atom stereocenters. The van der Waals surface area contributed by atoms with Gasteiger partial charge in [0.05, 0.1) is 29.9 Å². The third kappa shape index (κ3) is 5.27. The largest absolute Gasteiger partial charge is 0.495 e. The normalized spacial score (nSPS) is 10.5. The summed E-state index contributed by atoms with van der Waals surface area (Å²) in [5.74, 6) is 0.455. The van der Waals surface area contributed by atoms with Gasteiger partial charge in [0.1, 0.15) is 23.9 Å². The van der Waals surface area contributed by atoms with Gasteiger partial charge in [-0.3, -0.25) is 4.79 Å². The fraction of sp³-hybridized carbons (Fsp3) is 0.200. The Kier molecular flexibility index (Phi) is 6.03. The predicted octanol–water partition coefficient (Wildman–Crippen LogP) is 4.36. The van der Waals surface area contributed by atoms with Gasteiger partial charge in [0.15, 0.2) is 0 Å². The van der Waals surface area contributed by atoms with Gasteiger partial charge in [0.2, 0.25) is 5.91 Å². The molecule has 1 N–H and O–H groups in total. The van der Waals surface area contributed by atoms with Crippen molar-refractivity contribution in [3.05, 3.63) is 69.9 Å². The molecule has 0 fully saturated rings. The summed E-state index contributed by atoms with van der Waals surface area (Å²) in [4.78, 5) is 16.6. The molecule has 7 heteroatoms. The Balaban J connectivity index is 1.68. The van der Waals surface area contributed by atoms with Crippen LogP contribution in [0, 0.1) is 12.7 Å². The maximum atomic E-state index is 13.2. The molecule has 0 aliphatic carbocycles. The van der Waals surface area contributed by atoms with Crippen molar-refractivity contribution in [3.8, 4) is 11.5 Å². The van der Waals surface area contributed by atoms with Crippen LogP contribution < -0.4 is 14.8 Å². The molecule has 27 heavy (non-hydrogen) atoms. The fourth-order valence-electron chi connectivity index (χ4n) is 2.51. The standard InChI is InChI=1S/C20H19FN2O3S/c1-13-22-16(12-27-13)10-20(24)23-18-8-14(6-7-19(18)25-2)11-26-17-5-3-4-15(21)9-17/h3-9,12H,10-11H2,1-2H3,(H,23,24). The van der Waals surface area contributed by atoms with Crippen LogP contribution in [-0.4, -0.2) is 18.0 Å². The number of thiazole rings is 1. The highest BCUT2D eigenvalue weighted by molar-refractivity contribution is 7.09. The number of amides is 1. The fourth-order valence-corrected chi connectivity index (χ4v) is 3.13. The highest BCUT2D eigenvalue weighted by atomic mass is 32.1. The summed E-state index contributed by atoms with van der Waals surface area (Å²) in [6.45, 7) is 2.14. The van der Waals surface area contributed by atoms with E-state index in [-0.39, 0.29) is 24.8 Å². The second-order valence-corrected chi connectivity index (χ2v) is 6.93. The maximum absolute atomic E-state index is 13.2.